The molecule has 0 radical (unpaired) electrons. The van der Waals surface area contributed by atoms with Crippen molar-refractivity contribution >= 4 is 17.6 Å². The smallest absolute Gasteiger partial charge is 0.329 e. The fourth-order valence-corrected chi connectivity index (χ4v) is 2.38. The van der Waals surface area contributed by atoms with E-state index in [0.717, 1.165) is 18.7 Å². The molecule has 1 atom stereocenters. The van der Waals surface area contributed by atoms with Gasteiger partial charge >= 0.3 is 5.97 Å². The van der Waals surface area contributed by atoms with Crippen molar-refractivity contribution in [3.05, 3.63) is 29.8 Å². The monoisotopic (exact) mass is 276 g/mol. The second-order valence-corrected chi connectivity index (χ2v) is 5.34. The Kier molecular flexibility index (Phi) is 3.97. The summed E-state index contributed by atoms with van der Waals surface area (Å²) in [5.41, 5.74) is 1.10. The Labute approximate surface area is 118 Å². The number of carbonyl (C=O) groups is 2. The summed E-state index contributed by atoms with van der Waals surface area (Å²) < 4.78 is 0. The number of carboxylic acid groups (broad SMARTS) is 1. The summed E-state index contributed by atoms with van der Waals surface area (Å²) >= 11 is 0. The van der Waals surface area contributed by atoms with Crippen LogP contribution in [0.3, 0.4) is 0 Å². The van der Waals surface area contributed by atoms with Crippen LogP contribution in [0.1, 0.15) is 25.8 Å². The lowest BCUT2D eigenvalue weighted by atomic mass is 9.99. The number of hydrogen-bond donors (Lipinski definition) is 2. The summed E-state index contributed by atoms with van der Waals surface area (Å²) in [5.74, 6) is -1.26. The van der Waals surface area contributed by atoms with Gasteiger partial charge in [-0.15, -0.1) is 0 Å². The number of para-hydroxylation sites is 1. The zero-order valence-electron chi connectivity index (χ0n) is 11.8. The number of nitrogens with zero attached hydrogens (tertiary/aromatic N) is 1. The number of rotatable bonds is 5. The summed E-state index contributed by atoms with van der Waals surface area (Å²) in [4.78, 5) is 25.3. The molecular formula is C15H20N2O3. The average molecular weight is 276 g/mol. The second kappa shape index (κ2) is 5.53. The third-order valence-electron chi connectivity index (χ3n) is 3.91. The molecule has 5 nitrogen and oxygen atoms in total. The van der Waals surface area contributed by atoms with E-state index >= 15 is 0 Å². The van der Waals surface area contributed by atoms with Crippen molar-refractivity contribution in [1.82, 2.24) is 5.32 Å². The van der Waals surface area contributed by atoms with Crippen LogP contribution in [-0.4, -0.2) is 35.6 Å². The normalized spacial score (nSPS) is 16.4. The zero-order chi connectivity index (χ0) is 14.8. The maximum absolute atomic E-state index is 12.1. The van der Waals surface area contributed by atoms with Gasteiger partial charge in [-0.25, -0.2) is 4.79 Å². The molecule has 0 aromatic heterocycles. The number of hydrogen-bond acceptors (Lipinski definition) is 3. The van der Waals surface area contributed by atoms with E-state index in [4.69, 9.17) is 0 Å². The molecule has 0 bridgehead atoms. The number of aliphatic carboxylic acids is 1. The van der Waals surface area contributed by atoms with E-state index in [-0.39, 0.29) is 12.5 Å². The number of nitrogens with one attached hydrogen (secondary N) is 1. The summed E-state index contributed by atoms with van der Waals surface area (Å²) in [6, 6.07) is 7.98. The van der Waals surface area contributed by atoms with Crippen molar-refractivity contribution in [2.24, 2.45) is 0 Å². The Balaban J connectivity index is 2.02. The first-order chi connectivity index (χ1) is 9.46. The summed E-state index contributed by atoms with van der Waals surface area (Å²) in [6.45, 7) is 4.27. The first-order valence-corrected chi connectivity index (χ1v) is 6.83. The van der Waals surface area contributed by atoms with Crippen molar-refractivity contribution in [2.45, 2.75) is 32.2 Å². The summed E-state index contributed by atoms with van der Waals surface area (Å²) in [7, 11) is 0. The van der Waals surface area contributed by atoms with E-state index < -0.39 is 11.5 Å². The Morgan fingerprint density at radius 1 is 1.40 bits per heavy atom. The van der Waals surface area contributed by atoms with Gasteiger partial charge in [0, 0.05) is 12.2 Å². The van der Waals surface area contributed by atoms with Gasteiger partial charge in [-0.1, -0.05) is 25.1 Å². The Morgan fingerprint density at radius 3 is 2.75 bits per heavy atom. The Bertz CT molecular complexity index is 530. The first kappa shape index (κ1) is 14.4. The molecule has 0 spiro atoms. The average Bonchev–Trinajstić information content (AvgIpc) is 2.82. The third kappa shape index (κ3) is 2.76. The van der Waals surface area contributed by atoms with Crippen molar-refractivity contribution in [1.29, 1.82) is 0 Å². The van der Waals surface area contributed by atoms with Crippen LogP contribution in [0.5, 0.6) is 0 Å². The molecule has 1 aliphatic rings. The third-order valence-corrected chi connectivity index (χ3v) is 3.91. The zero-order valence-corrected chi connectivity index (χ0v) is 11.8. The molecule has 2 N–H and O–H groups in total. The lowest BCUT2D eigenvalue weighted by Crippen LogP contribution is -2.54. The van der Waals surface area contributed by atoms with Crippen LogP contribution >= 0.6 is 0 Å². The molecule has 0 fully saturated rings. The molecule has 20 heavy (non-hydrogen) atoms. The highest BCUT2D eigenvalue weighted by Crippen LogP contribution is 2.26. The molecule has 1 aromatic rings. The topological polar surface area (TPSA) is 69.6 Å². The molecule has 1 heterocycles. The highest BCUT2D eigenvalue weighted by molar-refractivity contribution is 5.89. The highest BCUT2D eigenvalue weighted by Gasteiger charge is 2.33. The van der Waals surface area contributed by atoms with E-state index in [1.165, 1.54) is 12.5 Å². The molecule has 1 aromatic carbocycles. The van der Waals surface area contributed by atoms with Crippen LogP contribution in [0.15, 0.2) is 24.3 Å². The van der Waals surface area contributed by atoms with Crippen LogP contribution in [0.25, 0.3) is 0 Å². The van der Waals surface area contributed by atoms with E-state index in [1.54, 1.807) is 6.92 Å². The van der Waals surface area contributed by atoms with Gasteiger partial charge in [0.2, 0.25) is 5.91 Å². The molecule has 1 aliphatic heterocycles. The van der Waals surface area contributed by atoms with E-state index in [9.17, 15) is 14.7 Å². The van der Waals surface area contributed by atoms with Crippen LogP contribution in [0.4, 0.5) is 5.69 Å². The van der Waals surface area contributed by atoms with Crippen molar-refractivity contribution in [3.63, 3.8) is 0 Å². The number of carbonyl (C=O) groups excluding carboxylic acids is 1. The largest absolute Gasteiger partial charge is 0.480 e. The fraction of sp³-hybridized carbons (Fsp3) is 0.467. The molecule has 0 saturated carbocycles. The summed E-state index contributed by atoms with van der Waals surface area (Å²) in [5, 5.41) is 11.8. The van der Waals surface area contributed by atoms with E-state index in [2.05, 4.69) is 11.4 Å². The quantitative estimate of drug-likeness (QED) is 0.853. The SMILES string of the molecule is CCC(C)(NC(=O)CN1CCc2ccccc21)C(=O)O. The van der Waals surface area contributed by atoms with Crippen LogP contribution in [0.2, 0.25) is 0 Å². The number of carboxylic acids is 1. The van der Waals surface area contributed by atoms with Gasteiger partial charge in [0.05, 0.1) is 6.54 Å². The number of anilines is 1. The number of amides is 1. The van der Waals surface area contributed by atoms with Gasteiger partial charge in [-0.2, -0.15) is 0 Å². The van der Waals surface area contributed by atoms with E-state index in [0.29, 0.717) is 6.42 Å². The fourth-order valence-electron chi connectivity index (χ4n) is 2.38. The molecule has 1 unspecified atom stereocenters. The molecule has 1 amide bonds. The predicted molar refractivity (Wildman–Crippen MR) is 76.8 cm³/mol. The van der Waals surface area contributed by atoms with Crippen molar-refractivity contribution in [3.8, 4) is 0 Å². The minimum atomic E-state index is -1.20. The predicted octanol–water partition coefficient (Wildman–Crippen LogP) is 1.42. The Morgan fingerprint density at radius 2 is 2.10 bits per heavy atom. The molecule has 5 heteroatoms. The van der Waals surface area contributed by atoms with Gasteiger partial charge in [0.25, 0.3) is 0 Å². The van der Waals surface area contributed by atoms with Gasteiger partial charge in [-0.05, 0) is 31.4 Å². The standard InChI is InChI=1S/C15H20N2O3/c1-3-15(2,14(19)20)16-13(18)10-17-9-8-11-6-4-5-7-12(11)17/h4-7H,3,8-10H2,1-2H3,(H,16,18)(H,19,20). The highest BCUT2D eigenvalue weighted by atomic mass is 16.4. The number of fused-ring (bicyclic) bond motifs is 1. The van der Waals surface area contributed by atoms with Crippen molar-refractivity contribution < 1.29 is 14.7 Å². The lowest BCUT2D eigenvalue weighted by Gasteiger charge is -2.26. The van der Waals surface area contributed by atoms with Gasteiger partial charge < -0.3 is 15.3 Å². The van der Waals surface area contributed by atoms with E-state index in [1.807, 2.05) is 23.1 Å². The van der Waals surface area contributed by atoms with Crippen LogP contribution in [-0.2, 0) is 16.0 Å². The maximum atomic E-state index is 12.1. The second-order valence-electron chi connectivity index (χ2n) is 5.34. The minimum absolute atomic E-state index is 0.194. The lowest BCUT2D eigenvalue weighted by molar-refractivity contribution is -0.146. The molecule has 2 rings (SSSR count). The number of benzene rings is 1. The molecule has 108 valence electrons. The molecule has 0 aliphatic carbocycles. The van der Waals surface area contributed by atoms with Crippen LogP contribution in [0, 0.1) is 0 Å². The van der Waals surface area contributed by atoms with Crippen molar-refractivity contribution in [2.75, 3.05) is 18.0 Å². The van der Waals surface area contributed by atoms with Gasteiger partial charge in [0.15, 0.2) is 0 Å². The Hall–Kier alpha value is -2.04. The van der Waals surface area contributed by atoms with Gasteiger partial charge in [0.1, 0.15) is 5.54 Å². The maximum Gasteiger partial charge on any atom is 0.329 e. The molecular weight excluding hydrogens is 256 g/mol. The minimum Gasteiger partial charge on any atom is -0.480 e. The molecule has 0 saturated heterocycles. The van der Waals surface area contributed by atoms with Gasteiger partial charge in [-0.3, -0.25) is 4.79 Å². The summed E-state index contributed by atoms with van der Waals surface area (Å²) in [6.07, 6.45) is 1.28. The first-order valence-electron chi connectivity index (χ1n) is 6.83. The van der Waals surface area contributed by atoms with Crippen LogP contribution < -0.4 is 10.2 Å².